The first-order valence-electron chi connectivity index (χ1n) is 8.01. The number of hydrogen-bond donors (Lipinski definition) is 1. The third-order valence-electron chi connectivity index (χ3n) is 3.90. The number of aromatic nitrogens is 1. The van der Waals surface area contributed by atoms with Gasteiger partial charge in [-0.05, 0) is 50.1 Å². The molecule has 1 N–H and O–H groups in total. The van der Waals surface area contributed by atoms with Crippen molar-refractivity contribution in [2.45, 2.75) is 27.2 Å². The molecule has 0 aliphatic heterocycles. The Morgan fingerprint density at radius 3 is 2.58 bits per heavy atom. The second kappa shape index (κ2) is 6.71. The molecule has 1 amide bonds. The predicted molar refractivity (Wildman–Crippen MR) is 95.2 cm³/mol. The van der Waals surface area contributed by atoms with Gasteiger partial charge in [0.25, 0.3) is 5.91 Å². The van der Waals surface area contributed by atoms with E-state index >= 15 is 0 Å². The van der Waals surface area contributed by atoms with Crippen molar-refractivity contribution in [1.29, 1.82) is 0 Å². The van der Waals surface area contributed by atoms with Crippen LogP contribution in [0.4, 0.5) is 5.69 Å². The summed E-state index contributed by atoms with van der Waals surface area (Å²) in [6, 6.07) is 15.7. The maximum Gasteiger partial charge on any atom is 0.277 e. The Kier molecular flexibility index (Phi) is 4.47. The number of aryl methyl sites for hydroxylation is 3. The van der Waals surface area contributed by atoms with Crippen LogP contribution in [0.1, 0.15) is 34.3 Å². The molecule has 4 heteroatoms. The van der Waals surface area contributed by atoms with Crippen LogP contribution in [-0.2, 0) is 6.42 Å². The first-order valence-corrected chi connectivity index (χ1v) is 8.01. The van der Waals surface area contributed by atoms with Crippen LogP contribution in [0.3, 0.4) is 0 Å². The van der Waals surface area contributed by atoms with E-state index < -0.39 is 0 Å². The topological polar surface area (TPSA) is 55.1 Å². The Labute approximate surface area is 141 Å². The van der Waals surface area contributed by atoms with E-state index in [4.69, 9.17) is 4.42 Å². The van der Waals surface area contributed by atoms with Gasteiger partial charge in [0.05, 0.1) is 0 Å². The minimum absolute atomic E-state index is 0.261. The highest BCUT2D eigenvalue weighted by Crippen LogP contribution is 2.23. The Morgan fingerprint density at radius 2 is 1.88 bits per heavy atom. The van der Waals surface area contributed by atoms with Gasteiger partial charge in [-0.3, -0.25) is 4.79 Å². The van der Waals surface area contributed by atoms with Gasteiger partial charge in [-0.2, -0.15) is 0 Å². The zero-order chi connectivity index (χ0) is 17.1. The third-order valence-corrected chi connectivity index (χ3v) is 3.90. The smallest absolute Gasteiger partial charge is 0.277 e. The number of anilines is 1. The van der Waals surface area contributed by atoms with Crippen LogP contribution in [0.25, 0.3) is 11.5 Å². The zero-order valence-electron chi connectivity index (χ0n) is 14.1. The molecular weight excluding hydrogens is 300 g/mol. The van der Waals surface area contributed by atoms with Crippen molar-refractivity contribution in [1.82, 2.24) is 4.98 Å². The number of nitrogens with one attached hydrogen (secondary N) is 1. The molecule has 3 rings (SSSR count). The number of rotatable bonds is 4. The van der Waals surface area contributed by atoms with Gasteiger partial charge < -0.3 is 9.73 Å². The number of benzene rings is 2. The zero-order valence-corrected chi connectivity index (χ0v) is 14.1. The van der Waals surface area contributed by atoms with Crippen molar-refractivity contribution in [2.75, 3.05) is 5.32 Å². The average Bonchev–Trinajstić information content (AvgIpc) is 2.97. The average molecular weight is 320 g/mol. The van der Waals surface area contributed by atoms with Gasteiger partial charge in [0.1, 0.15) is 5.76 Å². The highest BCUT2D eigenvalue weighted by Gasteiger charge is 2.18. The number of oxazole rings is 1. The fourth-order valence-electron chi connectivity index (χ4n) is 2.49. The number of carbonyl (C=O) groups excluding carboxylic acids is 1. The van der Waals surface area contributed by atoms with Crippen LogP contribution in [0.2, 0.25) is 0 Å². The van der Waals surface area contributed by atoms with E-state index in [1.54, 1.807) is 6.92 Å². The van der Waals surface area contributed by atoms with Crippen molar-refractivity contribution in [3.8, 4) is 11.5 Å². The first-order chi connectivity index (χ1) is 11.6. The highest BCUT2D eigenvalue weighted by atomic mass is 16.4. The van der Waals surface area contributed by atoms with Crippen molar-refractivity contribution in [3.63, 3.8) is 0 Å². The van der Waals surface area contributed by atoms with Crippen molar-refractivity contribution in [3.05, 3.63) is 71.1 Å². The van der Waals surface area contributed by atoms with E-state index in [1.165, 1.54) is 5.56 Å². The number of hydrogen-bond acceptors (Lipinski definition) is 3. The summed E-state index contributed by atoms with van der Waals surface area (Å²) in [4.78, 5) is 16.9. The molecule has 0 saturated heterocycles. The normalized spacial score (nSPS) is 10.6. The van der Waals surface area contributed by atoms with E-state index in [0.29, 0.717) is 17.3 Å². The van der Waals surface area contributed by atoms with Gasteiger partial charge in [-0.25, -0.2) is 4.98 Å². The van der Waals surface area contributed by atoms with E-state index in [9.17, 15) is 4.79 Å². The maximum absolute atomic E-state index is 12.5. The Morgan fingerprint density at radius 1 is 1.12 bits per heavy atom. The van der Waals surface area contributed by atoms with Gasteiger partial charge in [-0.15, -0.1) is 0 Å². The summed E-state index contributed by atoms with van der Waals surface area (Å²) in [5.74, 6) is 0.706. The van der Waals surface area contributed by atoms with Crippen LogP contribution in [0.5, 0.6) is 0 Å². The molecule has 0 bridgehead atoms. The van der Waals surface area contributed by atoms with Crippen molar-refractivity contribution >= 4 is 11.6 Å². The summed E-state index contributed by atoms with van der Waals surface area (Å²) in [7, 11) is 0. The van der Waals surface area contributed by atoms with Gasteiger partial charge in [0, 0.05) is 11.3 Å². The molecule has 0 atom stereocenters. The van der Waals surface area contributed by atoms with Crippen LogP contribution in [0, 0.1) is 13.8 Å². The second-order valence-electron chi connectivity index (χ2n) is 5.80. The van der Waals surface area contributed by atoms with Crippen molar-refractivity contribution in [2.24, 2.45) is 0 Å². The Bertz CT molecular complexity index is 864. The SMILES string of the molecule is CCc1cccc(NC(=O)c2nc(-c3ccc(C)cc3)oc2C)c1. The molecule has 0 aliphatic rings. The molecule has 2 aromatic carbocycles. The molecular formula is C20H20N2O2. The molecule has 0 fully saturated rings. The second-order valence-corrected chi connectivity index (χ2v) is 5.80. The van der Waals surface area contributed by atoms with Gasteiger partial charge in [-0.1, -0.05) is 36.8 Å². The molecule has 0 radical (unpaired) electrons. The van der Waals surface area contributed by atoms with E-state index in [2.05, 4.69) is 17.2 Å². The van der Waals surface area contributed by atoms with Crippen LogP contribution >= 0.6 is 0 Å². The third kappa shape index (κ3) is 3.38. The van der Waals surface area contributed by atoms with E-state index in [1.807, 2.05) is 55.5 Å². The van der Waals surface area contributed by atoms with Crippen LogP contribution in [0.15, 0.2) is 52.9 Å². The summed E-state index contributed by atoms with van der Waals surface area (Å²) in [6.45, 7) is 5.85. The predicted octanol–water partition coefficient (Wildman–Crippen LogP) is 4.77. The minimum atomic E-state index is -0.261. The Hall–Kier alpha value is -2.88. The first kappa shape index (κ1) is 16.0. The van der Waals surface area contributed by atoms with Crippen molar-refractivity contribution < 1.29 is 9.21 Å². The van der Waals surface area contributed by atoms with Gasteiger partial charge >= 0.3 is 0 Å². The summed E-state index contributed by atoms with van der Waals surface area (Å²) in [5.41, 5.74) is 4.27. The lowest BCUT2D eigenvalue weighted by Crippen LogP contribution is -2.13. The molecule has 122 valence electrons. The lowest BCUT2D eigenvalue weighted by molar-refractivity contribution is 0.102. The molecule has 1 heterocycles. The molecule has 0 aliphatic carbocycles. The van der Waals surface area contributed by atoms with E-state index in [0.717, 1.165) is 23.2 Å². The fourth-order valence-corrected chi connectivity index (χ4v) is 2.49. The van der Waals surface area contributed by atoms with Gasteiger partial charge in [0.15, 0.2) is 5.69 Å². The van der Waals surface area contributed by atoms with Crippen LogP contribution < -0.4 is 5.32 Å². The number of carbonyl (C=O) groups is 1. The summed E-state index contributed by atoms with van der Waals surface area (Å²) >= 11 is 0. The largest absolute Gasteiger partial charge is 0.441 e. The lowest BCUT2D eigenvalue weighted by atomic mass is 10.1. The molecule has 0 unspecified atom stereocenters. The summed E-state index contributed by atoms with van der Waals surface area (Å²) < 4.78 is 5.67. The standard InChI is InChI=1S/C20H20N2O2/c1-4-15-6-5-7-17(12-15)21-19(23)18-14(3)24-20(22-18)16-10-8-13(2)9-11-16/h5-12H,4H2,1-3H3,(H,21,23). The molecule has 0 spiro atoms. The van der Waals surface area contributed by atoms with Crippen LogP contribution in [-0.4, -0.2) is 10.9 Å². The molecule has 1 aromatic heterocycles. The Balaban J connectivity index is 1.83. The maximum atomic E-state index is 12.5. The summed E-state index contributed by atoms with van der Waals surface area (Å²) in [6.07, 6.45) is 0.921. The highest BCUT2D eigenvalue weighted by molar-refractivity contribution is 6.03. The molecule has 4 nitrogen and oxygen atoms in total. The van der Waals surface area contributed by atoms with Gasteiger partial charge in [0.2, 0.25) is 5.89 Å². The number of amides is 1. The minimum Gasteiger partial charge on any atom is -0.441 e. The lowest BCUT2D eigenvalue weighted by Gasteiger charge is -2.05. The monoisotopic (exact) mass is 320 g/mol. The molecule has 3 aromatic rings. The van der Waals surface area contributed by atoms with E-state index in [-0.39, 0.29) is 5.91 Å². The molecule has 24 heavy (non-hydrogen) atoms. The quantitative estimate of drug-likeness (QED) is 0.753. The molecule has 0 saturated carbocycles. The summed E-state index contributed by atoms with van der Waals surface area (Å²) in [5, 5.41) is 2.89. The number of nitrogens with zero attached hydrogens (tertiary/aromatic N) is 1. The fraction of sp³-hybridized carbons (Fsp3) is 0.200.